The molecule has 0 aliphatic carbocycles. The van der Waals surface area contributed by atoms with Gasteiger partial charge in [-0.25, -0.2) is 4.79 Å². The van der Waals surface area contributed by atoms with Crippen molar-refractivity contribution in [2.45, 2.75) is 13.1 Å². The second-order valence-electron chi connectivity index (χ2n) is 3.80. The van der Waals surface area contributed by atoms with Gasteiger partial charge in [-0.2, -0.15) is 9.78 Å². The van der Waals surface area contributed by atoms with E-state index in [0.29, 0.717) is 18.8 Å². The maximum Gasteiger partial charge on any atom is 0.437 e. The molecule has 0 saturated carbocycles. The smallest absolute Gasteiger partial charge is 0.437 e. The van der Waals surface area contributed by atoms with E-state index in [1.54, 1.807) is 23.0 Å². The van der Waals surface area contributed by atoms with E-state index in [-0.39, 0.29) is 5.89 Å². The van der Waals surface area contributed by atoms with Gasteiger partial charge in [0.1, 0.15) is 0 Å². The zero-order chi connectivity index (χ0) is 13.2. The van der Waals surface area contributed by atoms with Gasteiger partial charge in [0.05, 0.1) is 30.0 Å². The first-order valence-electron chi connectivity index (χ1n) is 5.52. The molecule has 0 bridgehead atoms. The van der Waals surface area contributed by atoms with Gasteiger partial charge in [0.25, 0.3) is 5.89 Å². The first-order chi connectivity index (χ1) is 9.22. The lowest BCUT2D eigenvalue weighted by Crippen LogP contribution is -2.19. The Morgan fingerprint density at radius 3 is 2.95 bits per heavy atom. The molecule has 8 heteroatoms. The van der Waals surface area contributed by atoms with Gasteiger partial charge < -0.3 is 8.83 Å². The molecule has 0 spiro atoms. The molecular weight excluding hydrogens is 316 g/mol. The maximum absolute atomic E-state index is 11.6. The molecule has 0 aliphatic rings. The molecule has 19 heavy (non-hydrogen) atoms. The van der Waals surface area contributed by atoms with E-state index in [0.717, 1.165) is 4.47 Å². The SMILES string of the molecule is O=c1oc(-c2ccco2)nn1CCn1cc(Br)cn1. The second-order valence-corrected chi connectivity index (χ2v) is 4.71. The van der Waals surface area contributed by atoms with Crippen molar-refractivity contribution < 1.29 is 8.83 Å². The van der Waals surface area contributed by atoms with Gasteiger partial charge in [-0.1, -0.05) is 0 Å². The Labute approximate surface area is 115 Å². The molecule has 0 saturated heterocycles. The molecule has 0 amide bonds. The molecule has 0 fully saturated rings. The molecule has 0 unspecified atom stereocenters. The number of aryl methyl sites for hydroxylation is 2. The normalized spacial score (nSPS) is 11.0. The van der Waals surface area contributed by atoms with Gasteiger partial charge in [0, 0.05) is 6.20 Å². The van der Waals surface area contributed by atoms with E-state index in [2.05, 4.69) is 26.1 Å². The monoisotopic (exact) mass is 324 g/mol. The molecule has 0 N–H and O–H groups in total. The Bertz CT molecular complexity index is 725. The minimum absolute atomic E-state index is 0.177. The second kappa shape index (κ2) is 4.88. The molecule has 0 aromatic carbocycles. The molecule has 3 aromatic rings. The number of hydrogen-bond acceptors (Lipinski definition) is 5. The lowest BCUT2D eigenvalue weighted by Gasteiger charge is -1.98. The number of rotatable bonds is 4. The van der Waals surface area contributed by atoms with Crippen molar-refractivity contribution in [3.05, 3.63) is 45.8 Å². The van der Waals surface area contributed by atoms with Crippen molar-refractivity contribution in [3.8, 4) is 11.7 Å². The largest absolute Gasteiger partial charge is 0.459 e. The summed E-state index contributed by atoms with van der Waals surface area (Å²) in [6.45, 7) is 0.896. The summed E-state index contributed by atoms with van der Waals surface area (Å²) in [7, 11) is 0. The first kappa shape index (κ1) is 12.0. The summed E-state index contributed by atoms with van der Waals surface area (Å²) in [6, 6.07) is 3.38. The van der Waals surface area contributed by atoms with Gasteiger partial charge in [-0.15, -0.1) is 5.10 Å². The van der Waals surface area contributed by atoms with Gasteiger partial charge in [-0.3, -0.25) is 4.68 Å². The van der Waals surface area contributed by atoms with Crippen LogP contribution in [0.3, 0.4) is 0 Å². The maximum atomic E-state index is 11.6. The zero-order valence-corrected chi connectivity index (χ0v) is 11.3. The summed E-state index contributed by atoms with van der Waals surface area (Å²) >= 11 is 3.30. The van der Waals surface area contributed by atoms with Crippen LogP contribution in [0.25, 0.3) is 11.7 Å². The fraction of sp³-hybridized carbons (Fsp3) is 0.182. The van der Waals surface area contributed by atoms with Crippen LogP contribution in [-0.2, 0) is 13.1 Å². The highest BCUT2D eigenvalue weighted by molar-refractivity contribution is 9.10. The molecule has 98 valence electrons. The highest BCUT2D eigenvalue weighted by Crippen LogP contribution is 2.15. The molecule has 3 aromatic heterocycles. The fourth-order valence-electron chi connectivity index (χ4n) is 1.61. The third-order valence-corrected chi connectivity index (χ3v) is 2.89. The minimum Gasteiger partial charge on any atom is -0.459 e. The van der Waals surface area contributed by atoms with Crippen molar-refractivity contribution in [1.29, 1.82) is 0 Å². The van der Waals surface area contributed by atoms with E-state index in [1.165, 1.54) is 10.9 Å². The predicted octanol–water partition coefficient (Wildman–Crippen LogP) is 1.76. The van der Waals surface area contributed by atoms with E-state index in [9.17, 15) is 4.79 Å². The highest BCUT2D eigenvalue weighted by atomic mass is 79.9. The van der Waals surface area contributed by atoms with Crippen LogP contribution >= 0.6 is 15.9 Å². The van der Waals surface area contributed by atoms with Crippen LogP contribution < -0.4 is 5.76 Å². The van der Waals surface area contributed by atoms with Crippen LogP contribution in [0.2, 0.25) is 0 Å². The van der Waals surface area contributed by atoms with Crippen molar-refractivity contribution in [3.63, 3.8) is 0 Å². The Kier molecular flexibility index (Phi) is 3.08. The quantitative estimate of drug-likeness (QED) is 0.730. The Hall–Kier alpha value is -2.09. The van der Waals surface area contributed by atoms with E-state index < -0.39 is 5.76 Å². The van der Waals surface area contributed by atoms with Gasteiger partial charge in [0.15, 0.2) is 5.76 Å². The average molecular weight is 325 g/mol. The molecule has 7 nitrogen and oxygen atoms in total. The van der Waals surface area contributed by atoms with Crippen LogP contribution in [0.15, 0.2) is 48.9 Å². The Morgan fingerprint density at radius 2 is 2.26 bits per heavy atom. The number of aromatic nitrogens is 4. The van der Waals surface area contributed by atoms with Crippen LogP contribution in [0.1, 0.15) is 0 Å². The van der Waals surface area contributed by atoms with Crippen molar-refractivity contribution in [1.82, 2.24) is 19.6 Å². The van der Waals surface area contributed by atoms with Crippen LogP contribution in [-0.4, -0.2) is 19.6 Å². The summed E-state index contributed by atoms with van der Waals surface area (Å²) in [5.74, 6) is 0.0898. The fourth-order valence-corrected chi connectivity index (χ4v) is 1.93. The Balaban J connectivity index is 1.77. The standard InChI is InChI=1S/C11H9BrN4O3/c12-8-6-13-15(7-8)3-4-16-11(17)19-10(14-16)9-2-1-5-18-9/h1-2,5-7H,3-4H2. The molecule has 3 rings (SSSR count). The summed E-state index contributed by atoms with van der Waals surface area (Å²) in [5.41, 5.74) is 0. The third-order valence-electron chi connectivity index (χ3n) is 2.48. The van der Waals surface area contributed by atoms with Crippen molar-refractivity contribution >= 4 is 15.9 Å². The van der Waals surface area contributed by atoms with Crippen molar-refractivity contribution in [2.24, 2.45) is 0 Å². The summed E-state index contributed by atoms with van der Waals surface area (Å²) in [6.07, 6.45) is 4.99. The van der Waals surface area contributed by atoms with E-state index in [4.69, 9.17) is 8.83 Å². The summed E-state index contributed by atoms with van der Waals surface area (Å²) in [5, 5.41) is 8.16. The highest BCUT2D eigenvalue weighted by Gasteiger charge is 2.12. The van der Waals surface area contributed by atoms with Crippen LogP contribution in [0.5, 0.6) is 0 Å². The number of halogens is 1. The molecule has 3 heterocycles. The number of hydrogen-bond donors (Lipinski definition) is 0. The van der Waals surface area contributed by atoms with E-state index in [1.807, 2.05) is 6.20 Å². The third kappa shape index (κ3) is 2.53. The minimum atomic E-state index is -0.516. The topological polar surface area (TPSA) is 79.0 Å². The van der Waals surface area contributed by atoms with Crippen LogP contribution in [0, 0.1) is 0 Å². The lowest BCUT2D eigenvalue weighted by molar-refractivity contribution is 0.443. The Morgan fingerprint density at radius 1 is 1.37 bits per heavy atom. The zero-order valence-electron chi connectivity index (χ0n) is 9.69. The summed E-state index contributed by atoms with van der Waals surface area (Å²) in [4.78, 5) is 11.6. The number of nitrogens with zero attached hydrogens (tertiary/aromatic N) is 4. The molecule has 0 atom stereocenters. The van der Waals surface area contributed by atoms with Gasteiger partial charge >= 0.3 is 5.76 Å². The van der Waals surface area contributed by atoms with Gasteiger partial charge in [-0.05, 0) is 28.1 Å². The molecule has 0 radical (unpaired) electrons. The van der Waals surface area contributed by atoms with Crippen LogP contribution in [0.4, 0.5) is 0 Å². The van der Waals surface area contributed by atoms with E-state index >= 15 is 0 Å². The lowest BCUT2D eigenvalue weighted by atomic mass is 10.5. The number of furan rings is 1. The molecule has 0 aliphatic heterocycles. The summed E-state index contributed by atoms with van der Waals surface area (Å²) < 4.78 is 14.0. The van der Waals surface area contributed by atoms with Gasteiger partial charge in [0.2, 0.25) is 0 Å². The average Bonchev–Trinajstić information content (AvgIpc) is 3.07. The molecular formula is C11H9BrN4O3. The first-order valence-corrected chi connectivity index (χ1v) is 6.31. The van der Waals surface area contributed by atoms with Crippen molar-refractivity contribution in [2.75, 3.05) is 0 Å². The predicted molar refractivity (Wildman–Crippen MR) is 68.4 cm³/mol.